The largest absolute Gasteiger partial charge is 0.342 e. The van der Waals surface area contributed by atoms with Crippen molar-refractivity contribution >= 4 is 17.7 Å². The monoisotopic (exact) mass is 238 g/mol. The van der Waals surface area contributed by atoms with E-state index in [-0.39, 0.29) is 5.91 Å². The molecule has 0 aliphatic carbocycles. The van der Waals surface area contributed by atoms with Gasteiger partial charge < -0.3 is 10.6 Å². The van der Waals surface area contributed by atoms with Crippen LogP contribution in [0.2, 0.25) is 0 Å². The number of hydrogen-bond donors (Lipinski definition) is 1. The van der Waals surface area contributed by atoms with Gasteiger partial charge in [0, 0.05) is 18.5 Å². The number of benzene rings is 1. The molecule has 0 aromatic heterocycles. The SMILES string of the molecule is CSc1ccccc1C(=O)N(C)CCCN. The van der Waals surface area contributed by atoms with Crippen molar-refractivity contribution < 1.29 is 4.79 Å². The van der Waals surface area contributed by atoms with Crippen molar-refractivity contribution in [3.05, 3.63) is 29.8 Å². The van der Waals surface area contributed by atoms with Crippen molar-refractivity contribution in [2.24, 2.45) is 5.73 Å². The molecule has 1 aromatic carbocycles. The number of nitrogens with two attached hydrogens (primary N) is 1. The maximum Gasteiger partial charge on any atom is 0.254 e. The Balaban J connectivity index is 2.79. The van der Waals surface area contributed by atoms with E-state index >= 15 is 0 Å². The summed E-state index contributed by atoms with van der Waals surface area (Å²) in [6.45, 7) is 1.32. The van der Waals surface area contributed by atoms with Crippen molar-refractivity contribution in [1.29, 1.82) is 0 Å². The van der Waals surface area contributed by atoms with E-state index in [9.17, 15) is 4.79 Å². The van der Waals surface area contributed by atoms with Crippen LogP contribution in [-0.2, 0) is 0 Å². The zero-order valence-electron chi connectivity index (χ0n) is 9.77. The van der Waals surface area contributed by atoms with Gasteiger partial charge in [-0.3, -0.25) is 4.79 Å². The van der Waals surface area contributed by atoms with E-state index < -0.39 is 0 Å². The highest BCUT2D eigenvalue weighted by atomic mass is 32.2. The number of nitrogens with zero attached hydrogens (tertiary/aromatic N) is 1. The third kappa shape index (κ3) is 3.25. The van der Waals surface area contributed by atoms with Crippen LogP contribution in [0.3, 0.4) is 0 Å². The number of hydrogen-bond acceptors (Lipinski definition) is 3. The molecule has 0 heterocycles. The van der Waals surface area contributed by atoms with Gasteiger partial charge in [-0.15, -0.1) is 11.8 Å². The topological polar surface area (TPSA) is 46.3 Å². The third-order valence-corrected chi connectivity index (χ3v) is 3.18. The van der Waals surface area contributed by atoms with Crippen LogP contribution in [0.25, 0.3) is 0 Å². The Morgan fingerprint density at radius 3 is 2.75 bits per heavy atom. The zero-order chi connectivity index (χ0) is 12.0. The third-order valence-electron chi connectivity index (χ3n) is 2.38. The van der Waals surface area contributed by atoms with Crippen molar-refractivity contribution in [2.45, 2.75) is 11.3 Å². The highest BCUT2D eigenvalue weighted by molar-refractivity contribution is 7.98. The standard InChI is InChI=1S/C12H18N2OS/c1-14(9-5-8-13)12(15)10-6-3-4-7-11(10)16-2/h3-4,6-7H,5,8-9,13H2,1-2H3. The minimum absolute atomic E-state index is 0.0680. The summed E-state index contributed by atoms with van der Waals surface area (Å²) in [7, 11) is 1.81. The number of amides is 1. The molecule has 4 heteroatoms. The lowest BCUT2D eigenvalue weighted by Crippen LogP contribution is -2.29. The molecule has 0 atom stereocenters. The van der Waals surface area contributed by atoms with Crippen molar-refractivity contribution in [3.63, 3.8) is 0 Å². The lowest BCUT2D eigenvalue weighted by Gasteiger charge is -2.18. The Kier molecular flexibility index (Phi) is 5.35. The van der Waals surface area contributed by atoms with E-state index in [0.29, 0.717) is 13.1 Å². The predicted octanol–water partition coefficient (Wildman–Crippen LogP) is 1.83. The van der Waals surface area contributed by atoms with Crippen LogP contribution in [0.15, 0.2) is 29.2 Å². The van der Waals surface area contributed by atoms with E-state index in [4.69, 9.17) is 5.73 Å². The summed E-state index contributed by atoms with van der Waals surface area (Å²) in [5.74, 6) is 0.0680. The van der Waals surface area contributed by atoms with E-state index in [1.165, 1.54) is 0 Å². The molecule has 0 unspecified atom stereocenters. The van der Waals surface area contributed by atoms with Gasteiger partial charge in [-0.1, -0.05) is 12.1 Å². The van der Waals surface area contributed by atoms with Crippen LogP contribution in [-0.4, -0.2) is 37.2 Å². The molecule has 2 N–H and O–H groups in total. The van der Waals surface area contributed by atoms with Gasteiger partial charge in [0.25, 0.3) is 5.91 Å². The first-order valence-electron chi connectivity index (χ1n) is 5.29. The van der Waals surface area contributed by atoms with E-state index in [1.54, 1.807) is 16.7 Å². The van der Waals surface area contributed by atoms with Gasteiger partial charge in [0.2, 0.25) is 0 Å². The second-order valence-electron chi connectivity index (χ2n) is 3.57. The second kappa shape index (κ2) is 6.55. The lowest BCUT2D eigenvalue weighted by atomic mass is 10.2. The molecule has 0 saturated heterocycles. The molecule has 1 rings (SSSR count). The molecular weight excluding hydrogens is 220 g/mol. The Labute approximate surface area is 101 Å². The van der Waals surface area contributed by atoms with Crippen LogP contribution in [0.5, 0.6) is 0 Å². The average molecular weight is 238 g/mol. The second-order valence-corrected chi connectivity index (χ2v) is 4.42. The molecule has 0 saturated carbocycles. The van der Waals surface area contributed by atoms with Crippen LogP contribution < -0.4 is 5.73 Å². The van der Waals surface area contributed by atoms with Gasteiger partial charge in [0.05, 0.1) is 5.56 Å². The summed E-state index contributed by atoms with van der Waals surface area (Å²) in [5.41, 5.74) is 6.20. The lowest BCUT2D eigenvalue weighted by molar-refractivity contribution is 0.0791. The normalized spacial score (nSPS) is 10.2. The molecular formula is C12H18N2OS. The van der Waals surface area contributed by atoms with E-state index in [2.05, 4.69) is 0 Å². The first kappa shape index (κ1) is 13.1. The molecule has 16 heavy (non-hydrogen) atoms. The van der Waals surface area contributed by atoms with Gasteiger partial charge in [-0.25, -0.2) is 0 Å². The Morgan fingerprint density at radius 1 is 1.44 bits per heavy atom. The van der Waals surface area contributed by atoms with Gasteiger partial charge >= 0.3 is 0 Å². The minimum atomic E-state index is 0.0680. The first-order valence-corrected chi connectivity index (χ1v) is 6.51. The molecule has 1 amide bonds. The molecule has 1 aromatic rings. The van der Waals surface area contributed by atoms with E-state index in [1.807, 2.05) is 37.6 Å². The molecule has 0 fully saturated rings. The summed E-state index contributed by atoms with van der Waals surface area (Å²) in [4.78, 5) is 14.8. The average Bonchev–Trinajstić information content (AvgIpc) is 2.34. The minimum Gasteiger partial charge on any atom is -0.342 e. The summed E-state index contributed by atoms with van der Waals surface area (Å²) < 4.78 is 0. The molecule has 0 radical (unpaired) electrons. The fourth-order valence-electron chi connectivity index (χ4n) is 1.46. The summed E-state index contributed by atoms with van der Waals surface area (Å²) in [5, 5.41) is 0. The Bertz CT molecular complexity index is 355. The molecule has 0 aliphatic rings. The molecule has 0 bridgehead atoms. The zero-order valence-corrected chi connectivity index (χ0v) is 10.6. The van der Waals surface area contributed by atoms with Crippen LogP contribution >= 0.6 is 11.8 Å². The summed E-state index contributed by atoms with van der Waals surface area (Å²) >= 11 is 1.59. The Morgan fingerprint density at radius 2 is 2.12 bits per heavy atom. The van der Waals surface area contributed by atoms with Crippen molar-refractivity contribution in [3.8, 4) is 0 Å². The molecule has 0 spiro atoms. The molecule has 0 aliphatic heterocycles. The van der Waals surface area contributed by atoms with Crippen LogP contribution in [0.4, 0.5) is 0 Å². The highest BCUT2D eigenvalue weighted by Gasteiger charge is 2.14. The maximum absolute atomic E-state index is 12.1. The smallest absolute Gasteiger partial charge is 0.254 e. The first-order chi connectivity index (χ1) is 7.70. The molecule has 3 nitrogen and oxygen atoms in total. The van der Waals surface area contributed by atoms with Crippen LogP contribution in [0.1, 0.15) is 16.8 Å². The summed E-state index contributed by atoms with van der Waals surface area (Å²) in [6.07, 6.45) is 2.82. The highest BCUT2D eigenvalue weighted by Crippen LogP contribution is 2.20. The maximum atomic E-state index is 12.1. The van der Waals surface area contributed by atoms with Gasteiger partial charge in [0.15, 0.2) is 0 Å². The van der Waals surface area contributed by atoms with Gasteiger partial charge in [-0.05, 0) is 31.4 Å². The predicted molar refractivity (Wildman–Crippen MR) is 68.9 cm³/mol. The van der Waals surface area contributed by atoms with Gasteiger partial charge in [0.1, 0.15) is 0 Å². The number of rotatable bonds is 5. The fourth-order valence-corrected chi connectivity index (χ4v) is 2.05. The Hall–Kier alpha value is -1.00. The number of carbonyl (C=O) groups excluding carboxylic acids is 1. The number of carbonyl (C=O) groups is 1. The van der Waals surface area contributed by atoms with Gasteiger partial charge in [-0.2, -0.15) is 0 Å². The summed E-state index contributed by atoms with van der Waals surface area (Å²) in [6, 6.07) is 7.67. The van der Waals surface area contributed by atoms with Crippen molar-refractivity contribution in [1.82, 2.24) is 4.90 Å². The van der Waals surface area contributed by atoms with Crippen molar-refractivity contribution in [2.75, 3.05) is 26.4 Å². The molecule has 88 valence electrons. The quantitative estimate of drug-likeness (QED) is 0.796. The number of thioether (sulfide) groups is 1. The fraction of sp³-hybridized carbons (Fsp3) is 0.417. The van der Waals surface area contributed by atoms with Crippen LogP contribution in [0, 0.1) is 0 Å². The van der Waals surface area contributed by atoms with E-state index in [0.717, 1.165) is 16.9 Å².